The lowest BCUT2D eigenvalue weighted by Crippen LogP contribution is -2.57. The Morgan fingerprint density at radius 2 is 1.84 bits per heavy atom. The van der Waals surface area contributed by atoms with Crippen molar-refractivity contribution >= 4 is 44.2 Å². The lowest BCUT2D eigenvalue weighted by molar-refractivity contribution is -0.134. The van der Waals surface area contributed by atoms with Crippen LogP contribution >= 0.6 is 11.5 Å². The predicted molar refractivity (Wildman–Crippen MR) is 229 cm³/mol. The summed E-state index contributed by atoms with van der Waals surface area (Å²) in [6.07, 6.45) is 6.60. The summed E-state index contributed by atoms with van der Waals surface area (Å²) < 4.78 is 18.6. The quantitative estimate of drug-likeness (QED) is 0.0910. The fourth-order valence-electron chi connectivity index (χ4n) is 9.11. The number of aromatic amines is 1. The number of hydrogen-bond donors (Lipinski definition) is 4. The van der Waals surface area contributed by atoms with Crippen molar-refractivity contribution in [3.05, 3.63) is 99.8 Å². The van der Waals surface area contributed by atoms with Crippen molar-refractivity contribution in [1.82, 2.24) is 24.5 Å². The number of nitrogens with zero attached hydrogens (tertiary/aromatic N) is 4. The number of aliphatic hydroxyl groups excluding tert-OH is 1. The minimum absolute atomic E-state index is 0.0392. The highest BCUT2D eigenvalue weighted by Gasteiger charge is 2.40. The van der Waals surface area contributed by atoms with Gasteiger partial charge in [-0.1, -0.05) is 55.3 Å². The second-order valence-electron chi connectivity index (χ2n) is 16.2. The van der Waals surface area contributed by atoms with E-state index in [1.165, 1.54) is 33.3 Å². The van der Waals surface area contributed by atoms with Crippen LogP contribution in [-0.4, -0.2) is 113 Å². The van der Waals surface area contributed by atoms with Crippen LogP contribution in [0.1, 0.15) is 67.7 Å². The lowest BCUT2D eigenvalue weighted by Gasteiger charge is -2.47. The predicted octanol–water partition coefficient (Wildman–Crippen LogP) is 5.76. The first-order chi connectivity index (χ1) is 28.3. The Hall–Kier alpha value is -4.37. The van der Waals surface area contributed by atoms with Crippen LogP contribution in [-0.2, 0) is 27.2 Å². The average molecular weight is 809 g/mol. The van der Waals surface area contributed by atoms with Crippen molar-refractivity contribution in [2.24, 2.45) is 0 Å². The average Bonchev–Trinajstić information content (AvgIpc) is 3.93. The number of ether oxygens (including phenoxy) is 2. The van der Waals surface area contributed by atoms with Crippen LogP contribution in [0.2, 0.25) is 0 Å². The number of nitrogens with one attached hydrogen (secondary N) is 2. The third-order valence-electron chi connectivity index (χ3n) is 12.3. The molecule has 5 aromatic rings. The number of aromatic nitrogens is 2. The summed E-state index contributed by atoms with van der Waals surface area (Å²) in [5, 5.41) is 26.3. The topological polar surface area (TPSA) is 143 Å². The van der Waals surface area contributed by atoms with Gasteiger partial charge in [-0.2, -0.15) is 4.37 Å². The van der Waals surface area contributed by atoms with E-state index in [-0.39, 0.29) is 35.4 Å². The summed E-state index contributed by atoms with van der Waals surface area (Å²) in [6.45, 7) is 7.75. The summed E-state index contributed by atoms with van der Waals surface area (Å²) in [6, 6.07) is 23.7. The number of carbonyl (C=O) groups excluding carboxylic acids is 1. The summed E-state index contributed by atoms with van der Waals surface area (Å²) >= 11 is 1.58. The van der Waals surface area contributed by atoms with Gasteiger partial charge in [0.1, 0.15) is 11.6 Å². The molecule has 0 radical (unpaired) electrons. The van der Waals surface area contributed by atoms with Crippen LogP contribution in [0.5, 0.6) is 5.75 Å². The second-order valence-corrected chi connectivity index (χ2v) is 17.0. The molecule has 2 aliphatic heterocycles. The van der Waals surface area contributed by atoms with Gasteiger partial charge < -0.3 is 39.8 Å². The number of likely N-dealkylation sites (tertiary alicyclic amines) is 1. The third kappa shape index (κ3) is 9.56. The van der Waals surface area contributed by atoms with Crippen molar-refractivity contribution in [2.75, 3.05) is 70.5 Å². The fraction of sp³-hybridized carbons (Fsp3) is 0.489. The van der Waals surface area contributed by atoms with E-state index in [2.05, 4.69) is 68.6 Å². The number of phenolic OH excluding ortho intramolecular Hbond substituents is 1. The second kappa shape index (κ2) is 18.7. The highest BCUT2D eigenvalue weighted by molar-refractivity contribution is 7.13. The standard InChI is InChI=1S/C45H56N6O6S/c52-38-14-12-35(36-13-15-41(54)47-43(36)38)39(53)29-46-20-23-51(34-8-1-2-9-34)42(55)17-26-56-25-16-32-6-5-7-33(28-32)30-49-21-18-45(19-22-49)31-50(24-27-57-45)44-37-10-3-4-11-40(37)58-48-44/h3-7,10-15,28,34,39,46,52-53H,1-2,8-9,16-27,29-31H2,(H,47,54)/t39-/m0/s1. The first-order valence-electron chi connectivity index (χ1n) is 21.0. The first-order valence-corrected chi connectivity index (χ1v) is 21.8. The molecular weight excluding hydrogens is 753 g/mol. The van der Waals surface area contributed by atoms with Gasteiger partial charge in [0.15, 0.2) is 0 Å². The maximum Gasteiger partial charge on any atom is 0.248 e. The third-order valence-corrected chi connectivity index (χ3v) is 13.1. The molecule has 308 valence electrons. The van der Waals surface area contributed by atoms with Crippen LogP contribution in [0, 0.1) is 0 Å². The van der Waals surface area contributed by atoms with Crippen molar-refractivity contribution < 1.29 is 24.5 Å². The molecule has 3 aromatic carbocycles. The number of anilines is 1. The molecule has 2 aromatic heterocycles. The Kier molecular flexibility index (Phi) is 13.0. The molecule has 58 heavy (non-hydrogen) atoms. The lowest BCUT2D eigenvalue weighted by atomic mass is 9.89. The Morgan fingerprint density at radius 3 is 2.71 bits per heavy atom. The van der Waals surface area contributed by atoms with E-state index in [9.17, 15) is 19.8 Å². The number of aromatic hydroxyl groups is 1. The first kappa shape index (κ1) is 40.4. The van der Waals surface area contributed by atoms with Gasteiger partial charge in [0.05, 0.1) is 48.2 Å². The molecule has 3 aliphatic rings. The molecule has 1 atom stereocenters. The molecule has 3 fully saturated rings. The minimum atomic E-state index is -0.851. The van der Waals surface area contributed by atoms with E-state index in [1.807, 2.05) is 4.90 Å². The van der Waals surface area contributed by atoms with Gasteiger partial charge in [0.25, 0.3) is 0 Å². The zero-order valence-electron chi connectivity index (χ0n) is 33.2. The molecule has 1 aliphatic carbocycles. The molecule has 1 saturated carbocycles. The minimum Gasteiger partial charge on any atom is -0.506 e. The van der Waals surface area contributed by atoms with Gasteiger partial charge >= 0.3 is 0 Å². The van der Waals surface area contributed by atoms with Crippen molar-refractivity contribution in [3.8, 4) is 5.75 Å². The monoisotopic (exact) mass is 808 g/mol. The number of H-pyrrole nitrogens is 1. The molecule has 12 nitrogen and oxygen atoms in total. The Balaban J connectivity index is 0.754. The molecule has 1 spiro atoms. The normalized spacial score (nSPS) is 18.1. The number of rotatable bonds is 16. The van der Waals surface area contributed by atoms with Crippen molar-refractivity contribution in [3.63, 3.8) is 0 Å². The number of pyridine rings is 1. The maximum atomic E-state index is 13.5. The molecule has 4 heterocycles. The molecule has 13 heteroatoms. The Bertz CT molecular complexity index is 2210. The van der Waals surface area contributed by atoms with E-state index in [0.29, 0.717) is 49.2 Å². The molecule has 0 bridgehead atoms. The number of piperidine rings is 1. The van der Waals surface area contributed by atoms with Crippen LogP contribution in [0.15, 0.2) is 77.6 Å². The van der Waals surface area contributed by atoms with Crippen LogP contribution in [0.3, 0.4) is 0 Å². The smallest absolute Gasteiger partial charge is 0.248 e. The van der Waals surface area contributed by atoms with Gasteiger partial charge in [-0.15, -0.1) is 0 Å². The van der Waals surface area contributed by atoms with E-state index < -0.39 is 6.10 Å². The fourth-order valence-corrected chi connectivity index (χ4v) is 9.90. The number of benzene rings is 3. The van der Waals surface area contributed by atoms with Gasteiger partial charge in [-0.05, 0) is 84.6 Å². The molecule has 1 amide bonds. The zero-order valence-corrected chi connectivity index (χ0v) is 34.1. The summed E-state index contributed by atoms with van der Waals surface area (Å²) in [7, 11) is 0. The van der Waals surface area contributed by atoms with E-state index >= 15 is 0 Å². The largest absolute Gasteiger partial charge is 0.506 e. The number of morpholine rings is 1. The number of phenols is 1. The van der Waals surface area contributed by atoms with E-state index in [1.54, 1.807) is 23.7 Å². The van der Waals surface area contributed by atoms with E-state index in [0.717, 1.165) is 90.1 Å². The van der Waals surface area contributed by atoms with Crippen LogP contribution < -0.4 is 15.8 Å². The van der Waals surface area contributed by atoms with Gasteiger partial charge in [0, 0.05) is 75.2 Å². The molecule has 4 N–H and O–H groups in total. The van der Waals surface area contributed by atoms with E-state index in [4.69, 9.17) is 13.8 Å². The molecule has 0 unspecified atom stereocenters. The Labute approximate surface area is 343 Å². The SMILES string of the molecule is O=C(CCOCCc1cccc(CN2CCC3(CC2)CN(c2nsc4ccccc24)CCO3)c1)N(CCNC[C@H](O)c1ccc(O)c2[nH]c(=O)ccc12)C1CCCC1. The molecular formula is C45H56N6O6S. The number of carbonyl (C=O) groups is 1. The van der Waals surface area contributed by atoms with Gasteiger partial charge in [0.2, 0.25) is 11.5 Å². The van der Waals surface area contributed by atoms with Crippen molar-refractivity contribution in [1.29, 1.82) is 0 Å². The number of hydrogen-bond acceptors (Lipinski definition) is 11. The summed E-state index contributed by atoms with van der Waals surface area (Å²) in [5.41, 5.74) is 3.04. The zero-order chi connectivity index (χ0) is 39.9. The van der Waals surface area contributed by atoms with Gasteiger partial charge in [-0.25, -0.2) is 0 Å². The van der Waals surface area contributed by atoms with Crippen molar-refractivity contribution in [2.45, 2.75) is 75.7 Å². The molecule has 8 rings (SSSR count). The summed E-state index contributed by atoms with van der Waals surface area (Å²) in [4.78, 5) is 34.9. The van der Waals surface area contributed by atoms with Gasteiger partial charge in [-0.3, -0.25) is 14.5 Å². The Morgan fingerprint density at radius 1 is 1.02 bits per heavy atom. The van der Waals surface area contributed by atoms with Crippen LogP contribution in [0.25, 0.3) is 21.0 Å². The highest BCUT2D eigenvalue weighted by Crippen LogP contribution is 2.36. The number of amides is 1. The number of aliphatic hydroxyl groups is 1. The maximum absolute atomic E-state index is 13.5. The number of fused-ring (bicyclic) bond motifs is 2. The molecule has 2 saturated heterocycles. The van der Waals surface area contributed by atoms with Crippen LogP contribution in [0.4, 0.5) is 5.82 Å². The summed E-state index contributed by atoms with van der Waals surface area (Å²) in [5.74, 6) is 1.17. The highest BCUT2D eigenvalue weighted by atomic mass is 32.1.